The van der Waals surface area contributed by atoms with Crippen LogP contribution in [0.3, 0.4) is 0 Å². The first-order valence-electron chi connectivity index (χ1n) is 6.67. The second-order valence-electron chi connectivity index (χ2n) is 4.44. The van der Waals surface area contributed by atoms with E-state index in [9.17, 15) is 4.79 Å². The Labute approximate surface area is 145 Å². The maximum atomic E-state index is 11.9. The molecule has 0 aliphatic carbocycles. The van der Waals surface area contributed by atoms with Gasteiger partial charge in [0.15, 0.2) is 0 Å². The van der Waals surface area contributed by atoms with Crippen molar-refractivity contribution in [3.8, 4) is 11.3 Å². The van der Waals surface area contributed by atoms with E-state index in [4.69, 9.17) is 4.42 Å². The second-order valence-corrected chi connectivity index (χ2v) is 7.83. The Balaban J connectivity index is 1.85. The molecule has 2 aromatic rings. The van der Waals surface area contributed by atoms with Crippen LogP contribution in [-0.2, 0) is 4.79 Å². The summed E-state index contributed by atoms with van der Waals surface area (Å²) < 4.78 is 7.59. The molecule has 0 fully saturated rings. The Morgan fingerprint density at radius 2 is 2.23 bits per heavy atom. The number of furan rings is 1. The molecule has 2 heterocycles. The van der Waals surface area contributed by atoms with E-state index in [1.165, 1.54) is 11.8 Å². The van der Waals surface area contributed by atoms with Crippen molar-refractivity contribution in [2.24, 2.45) is 4.99 Å². The summed E-state index contributed by atoms with van der Waals surface area (Å²) in [6.45, 7) is 2.04. The van der Waals surface area contributed by atoms with Gasteiger partial charge in [-0.15, -0.1) is 0 Å². The molecule has 0 spiro atoms. The van der Waals surface area contributed by atoms with E-state index in [-0.39, 0.29) is 5.12 Å². The van der Waals surface area contributed by atoms with Crippen LogP contribution < -0.4 is 0 Å². The quantitative estimate of drug-likeness (QED) is 0.651. The highest BCUT2D eigenvalue weighted by Gasteiger charge is 2.22. The zero-order valence-corrected chi connectivity index (χ0v) is 14.9. The second kappa shape index (κ2) is 6.89. The fraction of sp³-hybridized carbons (Fsp3) is 0.125. The molecule has 1 aromatic carbocycles. The van der Waals surface area contributed by atoms with Crippen LogP contribution >= 0.6 is 39.5 Å². The molecule has 1 aliphatic rings. The van der Waals surface area contributed by atoms with Crippen LogP contribution in [-0.4, -0.2) is 15.2 Å². The molecule has 112 valence electrons. The predicted octanol–water partition coefficient (Wildman–Crippen LogP) is 5.43. The highest BCUT2D eigenvalue weighted by atomic mass is 79.9. The molecule has 0 saturated heterocycles. The molecule has 0 radical (unpaired) electrons. The summed E-state index contributed by atoms with van der Waals surface area (Å²) in [6, 6.07) is 11.6. The van der Waals surface area contributed by atoms with Crippen molar-refractivity contribution in [1.82, 2.24) is 0 Å². The number of thioether (sulfide) groups is 2. The maximum Gasteiger partial charge on any atom is 0.244 e. The molecule has 0 saturated carbocycles. The Morgan fingerprint density at radius 1 is 1.36 bits per heavy atom. The molecular weight excluding hydrogens is 382 g/mol. The number of carbonyl (C=O) groups is 1. The van der Waals surface area contributed by atoms with E-state index in [0.717, 1.165) is 25.9 Å². The maximum absolute atomic E-state index is 11.9. The summed E-state index contributed by atoms with van der Waals surface area (Å²) in [4.78, 5) is 16.2. The fourth-order valence-corrected chi connectivity index (χ4v) is 4.07. The first-order chi connectivity index (χ1) is 10.7. The number of carbonyl (C=O) groups excluding carboxylic acids is 1. The van der Waals surface area contributed by atoms with E-state index in [1.807, 2.05) is 43.3 Å². The molecule has 0 unspecified atom stereocenters. The lowest BCUT2D eigenvalue weighted by Gasteiger charge is -1.97. The third-order valence-electron chi connectivity index (χ3n) is 2.88. The number of nitrogens with zero attached hydrogens (tertiary/aromatic N) is 1. The van der Waals surface area contributed by atoms with E-state index in [0.29, 0.717) is 11.5 Å². The molecule has 0 amide bonds. The molecule has 1 aromatic heterocycles. The highest BCUT2D eigenvalue weighted by Crippen LogP contribution is 2.32. The van der Waals surface area contributed by atoms with Gasteiger partial charge in [0.05, 0.1) is 0 Å². The average molecular weight is 394 g/mol. The monoisotopic (exact) mass is 393 g/mol. The van der Waals surface area contributed by atoms with Crippen molar-refractivity contribution in [2.45, 2.75) is 6.92 Å². The minimum Gasteiger partial charge on any atom is -0.457 e. The zero-order valence-electron chi connectivity index (χ0n) is 11.7. The normalized spacial score (nSPS) is 16.4. The topological polar surface area (TPSA) is 42.6 Å². The van der Waals surface area contributed by atoms with E-state index in [2.05, 4.69) is 20.9 Å². The first-order valence-corrected chi connectivity index (χ1v) is 9.26. The molecule has 0 N–H and O–H groups in total. The molecule has 6 heteroatoms. The first kappa shape index (κ1) is 15.6. The summed E-state index contributed by atoms with van der Waals surface area (Å²) in [5.41, 5.74) is 1.42. The summed E-state index contributed by atoms with van der Waals surface area (Å²) in [6.07, 6.45) is 1.69. The van der Waals surface area contributed by atoms with Gasteiger partial charge in [-0.05, 0) is 41.8 Å². The van der Waals surface area contributed by atoms with Crippen molar-refractivity contribution in [3.63, 3.8) is 0 Å². The molecule has 0 bridgehead atoms. The summed E-state index contributed by atoms with van der Waals surface area (Å²) in [5, 5.41) is -0.0312. The number of hydrogen-bond acceptors (Lipinski definition) is 5. The molecule has 0 atom stereocenters. The number of hydrogen-bond donors (Lipinski definition) is 0. The van der Waals surface area contributed by atoms with E-state index >= 15 is 0 Å². The Kier molecular flexibility index (Phi) is 4.90. The van der Waals surface area contributed by atoms with E-state index in [1.54, 1.807) is 17.8 Å². The number of aliphatic imine (C=N–C) groups is 1. The molecule has 22 heavy (non-hydrogen) atoms. The Bertz CT molecular complexity index is 780. The summed E-state index contributed by atoms with van der Waals surface area (Å²) in [7, 11) is 0. The van der Waals surface area contributed by atoms with Crippen LogP contribution in [0.15, 0.2) is 56.0 Å². The van der Waals surface area contributed by atoms with Crippen molar-refractivity contribution in [1.29, 1.82) is 0 Å². The minimum absolute atomic E-state index is 0.0312. The van der Waals surface area contributed by atoms with Crippen molar-refractivity contribution in [3.05, 3.63) is 52.3 Å². The SMILES string of the molecule is CCSC1=N/C(=C\c2ccc(-c3cccc(Br)c3)o2)C(=O)S1. The van der Waals surface area contributed by atoms with Crippen molar-refractivity contribution in [2.75, 3.05) is 5.75 Å². The number of benzene rings is 1. The molecule has 1 aliphatic heterocycles. The fourth-order valence-electron chi connectivity index (χ4n) is 1.94. The lowest BCUT2D eigenvalue weighted by molar-refractivity contribution is -0.107. The molecular formula is C16H12BrNO2S2. The van der Waals surface area contributed by atoms with Gasteiger partial charge in [0.1, 0.15) is 21.6 Å². The van der Waals surface area contributed by atoms with Crippen LogP contribution in [0.5, 0.6) is 0 Å². The molecule has 3 nitrogen and oxygen atoms in total. The van der Waals surface area contributed by atoms with Gasteiger partial charge in [0.25, 0.3) is 0 Å². The average Bonchev–Trinajstić information content (AvgIpc) is 3.08. The largest absolute Gasteiger partial charge is 0.457 e. The third kappa shape index (κ3) is 3.56. The third-order valence-corrected chi connectivity index (χ3v) is 5.27. The number of halogens is 1. The smallest absolute Gasteiger partial charge is 0.244 e. The highest BCUT2D eigenvalue weighted by molar-refractivity contribution is 9.10. The van der Waals surface area contributed by atoms with Gasteiger partial charge in [-0.1, -0.05) is 46.7 Å². The van der Waals surface area contributed by atoms with Gasteiger partial charge >= 0.3 is 0 Å². The standard InChI is InChI=1S/C16H12BrNO2S2/c1-2-21-16-18-13(15(19)22-16)9-12-6-7-14(20-12)10-4-3-5-11(17)8-10/h3-9H,2H2,1H3/b13-9-. The van der Waals surface area contributed by atoms with Gasteiger partial charge in [0, 0.05) is 16.1 Å². The zero-order chi connectivity index (χ0) is 15.5. The van der Waals surface area contributed by atoms with Gasteiger partial charge in [-0.3, -0.25) is 4.79 Å². The van der Waals surface area contributed by atoms with Crippen LogP contribution in [0.2, 0.25) is 0 Å². The van der Waals surface area contributed by atoms with Crippen molar-refractivity contribution < 1.29 is 9.21 Å². The minimum atomic E-state index is -0.0312. The summed E-state index contributed by atoms with van der Waals surface area (Å²) in [5.74, 6) is 2.30. The van der Waals surface area contributed by atoms with E-state index < -0.39 is 0 Å². The molecule has 3 rings (SSSR count). The Morgan fingerprint density at radius 3 is 3.00 bits per heavy atom. The van der Waals surface area contributed by atoms with Crippen LogP contribution in [0.4, 0.5) is 0 Å². The predicted molar refractivity (Wildman–Crippen MR) is 98.0 cm³/mol. The van der Waals surface area contributed by atoms with Gasteiger partial charge < -0.3 is 4.42 Å². The van der Waals surface area contributed by atoms with Crippen LogP contribution in [0, 0.1) is 0 Å². The van der Waals surface area contributed by atoms with Crippen LogP contribution in [0.1, 0.15) is 12.7 Å². The summed E-state index contributed by atoms with van der Waals surface area (Å²) >= 11 is 6.20. The van der Waals surface area contributed by atoms with Gasteiger partial charge in [0.2, 0.25) is 5.12 Å². The number of rotatable bonds is 3. The van der Waals surface area contributed by atoms with Crippen LogP contribution in [0.25, 0.3) is 17.4 Å². The lowest BCUT2D eigenvalue weighted by Crippen LogP contribution is -1.87. The van der Waals surface area contributed by atoms with Gasteiger partial charge in [-0.2, -0.15) is 0 Å². The Hall–Kier alpha value is -1.24. The lowest BCUT2D eigenvalue weighted by atomic mass is 10.2. The van der Waals surface area contributed by atoms with Crippen molar-refractivity contribution >= 4 is 55.0 Å². The van der Waals surface area contributed by atoms with Gasteiger partial charge in [-0.25, -0.2) is 4.99 Å².